The predicted octanol–water partition coefficient (Wildman–Crippen LogP) is 4.59. The minimum absolute atomic E-state index is 0.458. The van der Waals surface area contributed by atoms with Crippen molar-refractivity contribution in [2.75, 3.05) is 23.8 Å². The fourth-order valence-corrected chi connectivity index (χ4v) is 3.35. The van der Waals surface area contributed by atoms with Gasteiger partial charge in [0.05, 0.1) is 0 Å². The molecule has 0 spiro atoms. The van der Waals surface area contributed by atoms with Gasteiger partial charge in [0.25, 0.3) is 0 Å². The van der Waals surface area contributed by atoms with Crippen molar-refractivity contribution in [1.82, 2.24) is 5.32 Å². The first kappa shape index (κ1) is 15.9. The van der Waals surface area contributed by atoms with Gasteiger partial charge < -0.3 is 5.32 Å². The maximum atomic E-state index is 3.52. The topological polar surface area (TPSA) is 12.0 Å². The fraction of sp³-hybridized carbons (Fsp3) is 0.600. The molecule has 102 valence electrons. The Labute approximate surface area is 121 Å². The van der Waals surface area contributed by atoms with E-state index in [1.165, 1.54) is 34.1 Å². The van der Waals surface area contributed by atoms with Crippen LogP contribution in [0.1, 0.15) is 38.8 Å². The standard InChI is InChI=1S/C15H25NS2/c1-4-10-16-13(3)14-6-8-15(9-7-14)18-12-11-17-5-2/h6-9,13,16H,4-5,10-12H2,1-3H3. The lowest BCUT2D eigenvalue weighted by Gasteiger charge is -2.14. The molecular weight excluding hydrogens is 258 g/mol. The van der Waals surface area contributed by atoms with Crippen molar-refractivity contribution in [1.29, 1.82) is 0 Å². The zero-order chi connectivity index (χ0) is 13.2. The van der Waals surface area contributed by atoms with Crippen LogP contribution in [0, 0.1) is 0 Å². The minimum atomic E-state index is 0.458. The van der Waals surface area contributed by atoms with Crippen LogP contribution in [0.15, 0.2) is 29.2 Å². The summed E-state index contributed by atoms with van der Waals surface area (Å²) in [6.07, 6.45) is 1.19. The summed E-state index contributed by atoms with van der Waals surface area (Å²) in [7, 11) is 0. The Kier molecular flexibility index (Phi) is 8.64. The molecule has 0 aliphatic heterocycles. The fourth-order valence-electron chi connectivity index (χ4n) is 1.69. The van der Waals surface area contributed by atoms with E-state index in [1.54, 1.807) is 0 Å². The third-order valence-electron chi connectivity index (χ3n) is 2.78. The van der Waals surface area contributed by atoms with Crippen LogP contribution in [0.2, 0.25) is 0 Å². The van der Waals surface area contributed by atoms with Gasteiger partial charge in [-0.3, -0.25) is 0 Å². The maximum absolute atomic E-state index is 3.52. The monoisotopic (exact) mass is 283 g/mol. The van der Waals surface area contributed by atoms with Gasteiger partial charge in [-0.2, -0.15) is 11.8 Å². The van der Waals surface area contributed by atoms with E-state index in [9.17, 15) is 0 Å². The average Bonchev–Trinajstić information content (AvgIpc) is 2.41. The van der Waals surface area contributed by atoms with Gasteiger partial charge in [-0.25, -0.2) is 0 Å². The lowest BCUT2D eigenvalue weighted by atomic mass is 10.1. The highest BCUT2D eigenvalue weighted by Gasteiger charge is 2.03. The Morgan fingerprint density at radius 2 is 1.83 bits per heavy atom. The van der Waals surface area contributed by atoms with Gasteiger partial charge in [0.15, 0.2) is 0 Å². The second kappa shape index (κ2) is 9.76. The first-order chi connectivity index (χ1) is 8.77. The lowest BCUT2D eigenvalue weighted by molar-refractivity contribution is 0.570. The molecule has 1 atom stereocenters. The van der Waals surface area contributed by atoms with Crippen molar-refractivity contribution in [3.05, 3.63) is 29.8 Å². The zero-order valence-electron chi connectivity index (χ0n) is 11.7. The SMILES string of the molecule is CCCNC(C)c1ccc(SCCSCC)cc1. The molecule has 0 aliphatic carbocycles. The van der Waals surface area contributed by atoms with Gasteiger partial charge in [0.2, 0.25) is 0 Å². The Balaban J connectivity index is 2.37. The van der Waals surface area contributed by atoms with E-state index in [-0.39, 0.29) is 0 Å². The Bertz CT molecular complexity index is 311. The summed E-state index contributed by atoms with van der Waals surface area (Å²) in [4.78, 5) is 1.39. The van der Waals surface area contributed by atoms with Crippen molar-refractivity contribution in [2.45, 2.75) is 38.1 Å². The highest BCUT2D eigenvalue weighted by Crippen LogP contribution is 2.22. The average molecular weight is 284 g/mol. The number of benzene rings is 1. The van der Waals surface area contributed by atoms with Gasteiger partial charge >= 0.3 is 0 Å². The van der Waals surface area contributed by atoms with Crippen LogP contribution < -0.4 is 5.32 Å². The third-order valence-corrected chi connectivity index (χ3v) is 4.95. The second-order valence-corrected chi connectivity index (χ2v) is 6.85. The van der Waals surface area contributed by atoms with Crippen LogP contribution in [0.5, 0.6) is 0 Å². The molecule has 0 amide bonds. The third kappa shape index (κ3) is 6.17. The molecule has 3 heteroatoms. The normalized spacial score (nSPS) is 12.6. The minimum Gasteiger partial charge on any atom is -0.310 e. The summed E-state index contributed by atoms with van der Waals surface area (Å²) in [5.41, 5.74) is 1.38. The number of hydrogen-bond donors (Lipinski definition) is 1. The maximum Gasteiger partial charge on any atom is 0.0291 e. The van der Waals surface area contributed by atoms with Crippen molar-refractivity contribution >= 4 is 23.5 Å². The second-order valence-electron chi connectivity index (χ2n) is 4.29. The molecule has 1 rings (SSSR count). The van der Waals surface area contributed by atoms with Crippen LogP contribution in [0.25, 0.3) is 0 Å². The molecule has 1 unspecified atom stereocenters. The molecule has 0 aliphatic rings. The first-order valence-corrected chi connectivity index (χ1v) is 8.95. The van der Waals surface area contributed by atoms with E-state index in [0.29, 0.717) is 6.04 Å². The summed E-state index contributed by atoms with van der Waals surface area (Å²) < 4.78 is 0. The summed E-state index contributed by atoms with van der Waals surface area (Å²) in [6, 6.07) is 9.46. The molecule has 18 heavy (non-hydrogen) atoms. The number of hydrogen-bond acceptors (Lipinski definition) is 3. The van der Waals surface area contributed by atoms with Gasteiger partial charge in [-0.1, -0.05) is 26.0 Å². The molecule has 1 N–H and O–H groups in total. The van der Waals surface area contributed by atoms with Crippen LogP contribution in [0.3, 0.4) is 0 Å². The highest BCUT2D eigenvalue weighted by molar-refractivity contribution is 8.02. The van der Waals surface area contributed by atoms with Crippen LogP contribution in [0.4, 0.5) is 0 Å². The van der Waals surface area contributed by atoms with Gasteiger partial charge in [-0.15, -0.1) is 11.8 Å². The molecule has 0 aromatic heterocycles. The van der Waals surface area contributed by atoms with Crippen LogP contribution in [-0.4, -0.2) is 23.8 Å². The summed E-state index contributed by atoms with van der Waals surface area (Å²) in [5, 5.41) is 3.52. The Hall–Kier alpha value is -0.120. The van der Waals surface area contributed by atoms with E-state index in [0.717, 1.165) is 6.54 Å². The quantitative estimate of drug-likeness (QED) is 0.526. The summed E-state index contributed by atoms with van der Waals surface area (Å²) in [5.74, 6) is 3.68. The van der Waals surface area contributed by atoms with E-state index in [1.807, 2.05) is 23.5 Å². The van der Waals surface area contributed by atoms with E-state index >= 15 is 0 Å². The number of nitrogens with one attached hydrogen (secondary N) is 1. The first-order valence-electron chi connectivity index (χ1n) is 6.81. The molecule has 0 saturated heterocycles. The summed E-state index contributed by atoms with van der Waals surface area (Å²) in [6.45, 7) is 7.74. The van der Waals surface area contributed by atoms with Crippen LogP contribution >= 0.6 is 23.5 Å². The molecule has 0 fully saturated rings. The van der Waals surface area contributed by atoms with Crippen molar-refractivity contribution < 1.29 is 0 Å². The summed E-state index contributed by atoms with van der Waals surface area (Å²) >= 11 is 3.97. The highest BCUT2D eigenvalue weighted by atomic mass is 32.2. The molecule has 0 bridgehead atoms. The lowest BCUT2D eigenvalue weighted by Crippen LogP contribution is -2.19. The van der Waals surface area contributed by atoms with Crippen LogP contribution in [-0.2, 0) is 0 Å². The molecular formula is C15H25NS2. The van der Waals surface area contributed by atoms with Crippen molar-refractivity contribution in [2.24, 2.45) is 0 Å². The Morgan fingerprint density at radius 1 is 1.11 bits per heavy atom. The van der Waals surface area contributed by atoms with E-state index in [4.69, 9.17) is 0 Å². The molecule has 1 aromatic rings. The smallest absolute Gasteiger partial charge is 0.0291 e. The molecule has 1 nitrogen and oxygen atoms in total. The van der Waals surface area contributed by atoms with Crippen molar-refractivity contribution in [3.63, 3.8) is 0 Å². The van der Waals surface area contributed by atoms with E-state index in [2.05, 4.69) is 50.4 Å². The predicted molar refractivity (Wildman–Crippen MR) is 86.9 cm³/mol. The molecule has 1 aromatic carbocycles. The largest absolute Gasteiger partial charge is 0.310 e. The molecule has 0 saturated carbocycles. The van der Waals surface area contributed by atoms with Gasteiger partial charge in [0.1, 0.15) is 0 Å². The van der Waals surface area contributed by atoms with E-state index < -0.39 is 0 Å². The number of rotatable bonds is 9. The molecule has 0 radical (unpaired) electrons. The molecule has 0 heterocycles. The number of thioether (sulfide) groups is 2. The van der Waals surface area contributed by atoms with Gasteiger partial charge in [-0.05, 0) is 43.3 Å². The Morgan fingerprint density at radius 3 is 2.44 bits per heavy atom. The van der Waals surface area contributed by atoms with Gasteiger partial charge in [0, 0.05) is 22.4 Å². The zero-order valence-corrected chi connectivity index (χ0v) is 13.4. The van der Waals surface area contributed by atoms with Crippen molar-refractivity contribution in [3.8, 4) is 0 Å².